The Morgan fingerprint density at radius 2 is 2.30 bits per heavy atom. The lowest BCUT2D eigenvalue weighted by atomic mass is 10.2. The van der Waals surface area contributed by atoms with E-state index in [0.717, 1.165) is 11.3 Å². The molecule has 2 aromatic rings. The SMILES string of the molecule is Cc1cc([N+](=O)[O-])ccc1OCc1csc(C(=O)O)n1. The molecular weight excluding hydrogens is 284 g/mol. The van der Waals surface area contributed by atoms with Crippen LogP contribution in [0.3, 0.4) is 0 Å². The first-order valence-electron chi connectivity index (χ1n) is 5.53. The molecule has 0 bridgehead atoms. The average molecular weight is 294 g/mol. The molecule has 1 aromatic heterocycles. The summed E-state index contributed by atoms with van der Waals surface area (Å²) in [5.41, 5.74) is 1.13. The van der Waals surface area contributed by atoms with Crippen molar-refractivity contribution in [3.8, 4) is 5.75 Å². The molecule has 0 fully saturated rings. The molecule has 7 nitrogen and oxygen atoms in total. The number of aromatic carboxylic acids is 1. The molecule has 0 spiro atoms. The number of benzene rings is 1. The summed E-state index contributed by atoms with van der Waals surface area (Å²) < 4.78 is 5.48. The number of ether oxygens (including phenoxy) is 1. The van der Waals surface area contributed by atoms with Crippen LogP contribution in [0.2, 0.25) is 0 Å². The van der Waals surface area contributed by atoms with Gasteiger partial charge >= 0.3 is 5.97 Å². The lowest BCUT2D eigenvalue weighted by Gasteiger charge is -2.07. The van der Waals surface area contributed by atoms with Crippen molar-refractivity contribution in [2.24, 2.45) is 0 Å². The van der Waals surface area contributed by atoms with Gasteiger partial charge in [-0.15, -0.1) is 11.3 Å². The minimum Gasteiger partial charge on any atom is -0.487 e. The fourth-order valence-corrected chi connectivity index (χ4v) is 2.17. The molecule has 2 rings (SSSR count). The Labute approximate surface area is 117 Å². The van der Waals surface area contributed by atoms with E-state index in [2.05, 4.69) is 4.98 Å². The summed E-state index contributed by atoms with van der Waals surface area (Å²) in [5.74, 6) is -0.576. The first-order valence-corrected chi connectivity index (χ1v) is 6.41. The van der Waals surface area contributed by atoms with Crippen LogP contribution in [0.25, 0.3) is 0 Å². The third kappa shape index (κ3) is 3.09. The zero-order valence-electron chi connectivity index (χ0n) is 10.4. The summed E-state index contributed by atoms with van der Waals surface area (Å²) in [6.07, 6.45) is 0. The highest BCUT2D eigenvalue weighted by molar-refractivity contribution is 7.11. The van der Waals surface area contributed by atoms with Crippen LogP contribution in [0, 0.1) is 17.0 Å². The zero-order valence-corrected chi connectivity index (χ0v) is 11.2. The van der Waals surface area contributed by atoms with Gasteiger partial charge in [-0.2, -0.15) is 0 Å². The number of nitrogens with zero attached hydrogens (tertiary/aromatic N) is 2. The summed E-state index contributed by atoms with van der Waals surface area (Å²) in [6.45, 7) is 1.81. The fraction of sp³-hybridized carbons (Fsp3) is 0.167. The van der Waals surface area contributed by atoms with E-state index >= 15 is 0 Å². The highest BCUT2D eigenvalue weighted by Gasteiger charge is 2.11. The van der Waals surface area contributed by atoms with Gasteiger partial charge in [-0.05, 0) is 18.6 Å². The molecular formula is C12H10N2O5S. The van der Waals surface area contributed by atoms with Gasteiger partial charge in [0, 0.05) is 17.5 Å². The minimum atomic E-state index is -1.08. The smallest absolute Gasteiger partial charge is 0.365 e. The standard InChI is InChI=1S/C12H10N2O5S/c1-7-4-9(14(17)18)2-3-10(7)19-5-8-6-20-11(13-8)12(15)16/h2-4,6H,5H2,1H3,(H,15,16). The quantitative estimate of drug-likeness (QED) is 0.671. The molecule has 0 atom stereocenters. The molecule has 0 saturated heterocycles. The van der Waals surface area contributed by atoms with Gasteiger partial charge in [0.05, 0.1) is 10.6 Å². The van der Waals surface area contributed by atoms with Crippen LogP contribution in [-0.4, -0.2) is 21.0 Å². The second-order valence-electron chi connectivity index (χ2n) is 3.94. The Balaban J connectivity index is 2.06. The van der Waals surface area contributed by atoms with Crippen molar-refractivity contribution >= 4 is 23.0 Å². The Morgan fingerprint density at radius 3 is 2.85 bits per heavy atom. The van der Waals surface area contributed by atoms with Crippen molar-refractivity contribution in [1.29, 1.82) is 0 Å². The summed E-state index contributed by atoms with van der Waals surface area (Å²) >= 11 is 1.02. The van der Waals surface area contributed by atoms with E-state index in [9.17, 15) is 14.9 Å². The lowest BCUT2D eigenvalue weighted by Crippen LogP contribution is -2.00. The number of hydrogen-bond donors (Lipinski definition) is 1. The first-order chi connectivity index (χ1) is 9.47. The maximum Gasteiger partial charge on any atom is 0.365 e. The highest BCUT2D eigenvalue weighted by Crippen LogP contribution is 2.24. The van der Waals surface area contributed by atoms with Crippen LogP contribution in [-0.2, 0) is 6.61 Å². The third-order valence-corrected chi connectivity index (χ3v) is 3.36. The number of nitro groups is 1. The summed E-state index contributed by atoms with van der Waals surface area (Å²) in [7, 11) is 0. The van der Waals surface area contributed by atoms with E-state index in [1.165, 1.54) is 18.2 Å². The second-order valence-corrected chi connectivity index (χ2v) is 4.80. The molecule has 20 heavy (non-hydrogen) atoms. The number of rotatable bonds is 5. The van der Waals surface area contributed by atoms with E-state index < -0.39 is 10.9 Å². The van der Waals surface area contributed by atoms with Gasteiger partial charge < -0.3 is 9.84 Å². The molecule has 0 saturated carbocycles. The summed E-state index contributed by atoms with van der Waals surface area (Å²) in [5, 5.41) is 21.0. The largest absolute Gasteiger partial charge is 0.487 e. The number of carboxylic acids is 1. The Bertz CT molecular complexity index is 668. The number of hydrogen-bond acceptors (Lipinski definition) is 6. The van der Waals surface area contributed by atoms with Crippen LogP contribution in [0.5, 0.6) is 5.75 Å². The van der Waals surface area contributed by atoms with Gasteiger partial charge in [0.25, 0.3) is 5.69 Å². The number of non-ortho nitro benzene ring substituents is 1. The van der Waals surface area contributed by atoms with Gasteiger partial charge in [0.2, 0.25) is 5.01 Å². The minimum absolute atomic E-state index is 0.00308. The monoisotopic (exact) mass is 294 g/mol. The van der Waals surface area contributed by atoms with E-state index in [1.807, 2.05) is 0 Å². The molecule has 1 heterocycles. The summed E-state index contributed by atoms with van der Waals surface area (Å²) in [4.78, 5) is 24.7. The highest BCUT2D eigenvalue weighted by atomic mass is 32.1. The van der Waals surface area contributed by atoms with E-state index in [4.69, 9.17) is 9.84 Å². The third-order valence-electron chi connectivity index (χ3n) is 2.48. The van der Waals surface area contributed by atoms with Crippen LogP contribution < -0.4 is 4.74 Å². The molecule has 104 valence electrons. The second kappa shape index (κ2) is 5.66. The molecule has 0 aliphatic carbocycles. The Hall–Kier alpha value is -2.48. The van der Waals surface area contributed by atoms with Gasteiger partial charge in [-0.25, -0.2) is 9.78 Å². The first kappa shape index (κ1) is 13.9. The maximum atomic E-state index is 10.7. The predicted molar refractivity (Wildman–Crippen MR) is 71.2 cm³/mol. The van der Waals surface area contributed by atoms with Crippen molar-refractivity contribution in [2.45, 2.75) is 13.5 Å². The van der Waals surface area contributed by atoms with Crippen molar-refractivity contribution in [1.82, 2.24) is 4.98 Å². The van der Waals surface area contributed by atoms with E-state index in [1.54, 1.807) is 12.3 Å². The number of nitro benzene ring substituents is 1. The van der Waals surface area contributed by atoms with Crippen LogP contribution >= 0.6 is 11.3 Å². The number of carbonyl (C=O) groups is 1. The van der Waals surface area contributed by atoms with Crippen molar-refractivity contribution in [2.75, 3.05) is 0 Å². The normalized spacial score (nSPS) is 10.2. The van der Waals surface area contributed by atoms with Crippen molar-refractivity contribution in [3.63, 3.8) is 0 Å². The molecule has 0 aliphatic rings. The van der Waals surface area contributed by atoms with Gasteiger partial charge in [0.15, 0.2) is 0 Å². The van der Waals surface area contributed by atoms with Gasteiger partial charge in [-0.1, -0.05) is 0 Å². The number of thiazole rings is 1. The molecule has 1 aromatic carbocycles. The van der Waals surface area contributed by atoms with Crippen LogP contribution in [0.15, 0.2) is 23.6 Å². The van der Waals surface area contributed by atoms with Gasteiger partial charge in [-0.3, -0.25) is 10.1 Å². The number of carboxylic acid groups (broad SMARTS) is 1. The molecule has 0 amide bonds. The molecule has 1 N–H and O–H groups in total. The summed E-state index contributed by atoms with van der Waals surface area (Å²) in [6, 6.07) is 4.28. The average Bonchev–Trinajstić information content (AvgIpc) is 2.86. The molecule has 0 aliphatic heterocycles. The van der Waals surface area contributed by atoms with Crippen molar-refractivity contribution < 1.29 is 19.6 Å². The van der Waals surface area contributed by atoms with E-state index in [0.29, 0.717) is 17.0 Å². The van der Waals surface area contributed by atoms with Crippen LogP contribution in [0.4, 0.5) is 5.69 Å². The predicted octanol–water partition coefficient (Wildman–Crippen LogP) is 2.64. The topological polar surface area (TPSA) is 103 Å². The molecule has 0 unspecified atom stereocenters. The number of aromatic nitrogens is 1. The van der Waals surface area contributed by atoms with Crippen molar-refractivity contribution in [3.05, 3.63) is 50.0 Å². The fourth-order valence-electron chi connectivity index (χ4n) is 1.53. The Morgan fingerprint density at radius 1 is 1.55 bits per heavy atom. The van der Waals surface area contributed by atoms with Crippen LogP contribution in [0.1, 0.15) is 21.1 Å². The van der Waals surface area contributed by atoms with Gasteiger partial charge in [0.1, 0.15) is 12.4 Å². The maximum absolute atomic E-state index is 10.7. The Kier molecular flexibility index (Phi) is 3.94. The lowest BCUT2D eigenvalue weighted by molar-refractivity contribution is -0.384. The molecule has 8 heteroatoms. The number of aryl methyl sites for hydroxylation is 1. The molecule has 0 radical (unpaired) electrons. The van der Waals surface area contributed by atoms with E-state index in [-0.39, 0.29) is 17.3 Å². The zero-order chi connectivity index (χ0) is 14.7.